The number of rotatable bonds is 3. The van der Waals surface area contributed by atoms with Gasteiger partial charge >= 0.3 is 0 Å². The van der Waals surface area contributed by atoms with Gasteiger partial charge in [0.15, 0.2) is 0 Å². The van der Waals surface area contributed by atoms with Gasteiger partial charge in [-0.15, -0.1) is 12.3 Å². The van der Waals surface area contributed by atoms with Gasteiger partial charge in [-0.1, -0.05) is 24.3 Å². The van der Waals surface area contributed by atoms with Crippen molar-refractivity contribution in [1.82, 2.24) is 0 Å². The van der Waals surface area contributed by atoms with E-state index in [1.807, 2.05) is 0 Å². The maximum atomic E-state index is 9.20. The van der Waals surface area contributed by atoms with Crippen molar-refractivity contribution in [2.75, 3.05) is 6.61 Å². The highest BCUT2D eigenvalue weighted by atomic mass is 16.3. The first-order chi connectivity index (χ1) is 5.83. The number of terminal acetylenes is 1. The second-order valence-corrected chi connectivity index (χ2v) is 3.14. The SMILES string of the molecule is C#CCCC1(CO)C=CCC=C1. The van der Waals surface area contributed by atoms with Gasteiger partial charge in [-0.3, -0.25) is 0 Å². The second-order valence-electron chi connectivity index (χ2n) is 3.14. The van der Waals surface area contributed by atoms with Crippen LogP contribution in [0, 0.1) is 17.8 Å². The standard InChI is InChI=1S/C11H14O/c1-2-3-7-11(10-12)8-5-4-6-9-11/h1,5-6,8-9,12H,3-4,7,10H2. The Hall–Kier alpha value is -1.00. The van der Waals surface area contributed by atoms with E-state index >= 15 is 0 Å². The van der Waals surface area contributed by atoms with Gasteiger partial charge in [0, 0.05) is 11.8 Å². The monoisotopic (exact) mass is 162 g/mol. The zero-order valence-electron chi connectivity index (χ0n) is 7.16. The Kier molecular flexibility index (Phi) is 3.13. The van der Waals surface area contributed by atoms with Crippen molar-refractivity contribution >= 4 is 0 Å². The van der Waals surface area contributed by atoms with Crippen LogP contribution in [0.2, 0.25) is 0 Å². The molecule has 0 saturated heterocycles. The highest BCUT2D eigenvalue weighted by Gasteiger charge is 2.22. The molecule has 1 rings (SSSR count). The summed E-state index contributed by atoms with van der Waals surface area (Å²) in [6.07, 6.45) is 16.0. The lowest BCUT2D eigenvalue weighted by molar-refractivity contribution is 0.198. The van der Waals surface area contributed by atoms with Gasteiger partial charge in [0.05, 0.1) is 6.61 Å². The van der Waals surface area contributed by atoms with Crippen molar-refractivity contribution in [2.24, 2.45) is 5.41 Å². The smallest absolute Gasteiger partial charge is 0.0557 e. The molecule has 1 heteroatoms. The van der Waals surface area contributed by atoms with Crippen molar-refractivity contribution in [3.05, 3.63) is 24.3 Å². The van der Waals surface area contributed by atoms with Gasteiger partial charge < -0.3 is 5.11 Å². The molecule has 1 aliphatic rings. The van der Waals surface area contributed by atoms with Crippen LogP contribution in [0.4, 0.5) is 0 Å². The Balaban J connectivity index is 2.62. The van der Waals surface area contributed by atoms with Gasteiger partial charge in [0.1, 0.15) is 0 Å². The highest BCUT2D eigenvalue weighted by Crippen LogP contribution is 2.29. The summed E-state index contributed by atoms with van der Waals surface area (Å²) in [4.78, 5) is 0. The van der Waals surface area contributed by atoms with Crippen molar-refractivity contribution in [3.63, 3.8) is 0 Å². The third-order valence-corrected chi connectivity index (χ3v) is 2.20. The molecule has 0 aromatic heterocycles. The first kappa shape index (κ1) is 9.09. The van der Waals surface area contributed by atoms with Crippen LogP contribution in [0.3, 0.4) is 0 Å². The lowest BCUT2D eigenvalue weighted by atomic mass is 9.81. The first-order valence-electron chi connectivity index (χ1n) is 4.23. The molecule has 1 N–H and O–H groups in total. The van der Waals surface area contributed by atoms with Crippen LogP contribution in [0.25, 0.3) is 0 Å². The van der Waals surface area contributed by atoms with Crippen LogP contribution in [0.15, 0.2) is 24.3 Å². The molecule has 0 aromatic rings. The zero-order chi connectivity index (χ0) is 8.86. The summed E-state index contributed by atoms with van der Waals surface area (Å²) in [6.45, 7) is 0.154. The quantitative estimate of drug-likeness (QED) is 0.496. The molecule has 0 aromatic carbocycles. The molecule has 0 unspecified atom stereocenters. The van der Waals surface area contributed by atoms with E-state index < -0.39 is 0 Å². The molecule has 0 heterocycles. The fourth-order valence-corrected chi connectivity index (χ4v) is 1.40. The molecule has 0 amide bonds. The Labute approximate surface area is 73.8 Å². The maximum Gasteiger partial charge on any atom is 0.0557 e. The minimum atomic E-state index is -0.176. The third kappa shape index (κ3) is 1.99. The lowest BCUT2D eigenvalue weighted by Gasteiger charge is -2.25. The van der Waals surface area contributed by atoms with Crippen LogP contribution in [-0.2, 0) is 0 Å². The van der Waals surface area contributed by atoms with E-state index in [-0.39, 0.29) is 12.0 Å². The lowest BCUT2D eigenvalue weighted by Crippen LogP contribution is -2.21. The van der Waals surface area contributed by atoms with Gasteiger partial charge in [0.2, 0.25) is 0 Å². The average Bonchev–Trinajstić information content (AvgIpc) is 2.16. The molecule has 0 spiro atoms. The molecule has 64 valence electrons. The van der Waals surface area contributed by atoms with Crippen LogP contribution in [0.5, 0.6) is 0 Å². The van der Waals surface area contributed by atoms with Gasteiger partial charge in [-0.2, -0.15) is 0 Å². The normalized spacial score (nSPS) is 19.0. The van der Waals surface area contributed by atoms with Gasteiger partial charge in [0.25, 0.3) is 0 Å². The molecule has 0 radical (unpaired) electrons. The van der Waals surface area contributed by atoms with Crippen LogP contribution in [0.1, 0.15) is 19.3 Å². The minimum absolute atomic E-state index is 0.154. The summed E-state index contributed by atoms with van der Waals surface area (Å²) in [5, 5.41) is 9.20. The summed E-state index contributed by atoms with van der Waals surface area (Å²) in [7, 11) is 0. The molecular formula is C11H14O. The second kappa shape index (κ2) is 4.13. The molecule has 0 aliphatic heterocycles. The number of hydrogen-bond acceptors (Lipinski definition) is 1. The fraction of sp³-hybridized carbons (Fsp3) is 0.455. The van der Waals surface area contributed by atoms with E-state index in [0.717, 1.165) is 19.3 Å². The van der Waals surface area contributed by atoms with E-state index in [0.29, 0.717) is 0 Å². The Morgan fingerprint density at radius 1 is 1.42 bits per heavy atom. The van der Waals surface area contributed by atoms with Gasteiger partial charge in [-0.25, -0.2) is 0 Å². The summed E-state index contributed by atoms with van der Waals surface area (Å²) >= 11 is 0. The van der Waals surface area contributed by atoms with E-state index in [2.05, 4.69) is 30.2 Å². The fourth-order valence-electron chi connectivity index (χ4n) is 1.40. The number of aliphatic hydroxyl groups is 1. The van der Waals surface area contributed by atoms with Crippen LogP contribution >= 0.6 is 0 Å². The largest absolute Gasteiger partial charge is 0.395 e. The van der Waals surface area contributed by atoms with Crippen molar-refractivity contribution in [2.45, 2.75) is 19.3 Å². The van der Waals surface area contributed by atoms with Crippen LogP contribution in [-0.4, -0.2) is 11.7 Å². The molecule has 0 fully saturated rings. The number of allylic oxidation sites excluding steroid dienone is 2. The number of hydrogen-bond donors (Lipinski definition) is 1. The minimum Gasteiger partial charge on any atom is -0.395 e. The predicted molar refractivity (Wildman–Crippen MR) is 50.5 cm³/mol. The molecule has 1 aliphatic carbocycles. The highest BCUT2D eigenvalue weighted by molar-refractivity contribution is 5.18. The maximum absolute atomic E-state index is 9.20. The Bertz CT molecular complexity index is 218. The van der Waals surface area contributed by atoms with Crippen molar-refractivity contribution < 1.29 is 5.11 Å². The average molecular weight is 162 g/mol. The molecule has 12 heavy (non-hydrogen) atoms. The molecule has 0 bridgehead atoms. The summed E-state index contributed by atoms with van der Waals surface area (Å²) in [6, 6.07) is 0. The van der Waals surface area contributed by atoms with E-state index in [9.17, 15) is 5.11 Å². The summed E-state index contributed by atoms with van der Waals surface area (Å²) in [5.74, 6) is 2.60. The number of aliphatic hydroxyl groups excluding tert-OH is 1. The van der Waals surface area contributed by atoms with E-state index in [1.54, 1.807) is 0 Å². The first-order valence-corrected chi connectivity index (χ1v) is 4.23. The summed E-state index contributed by atoms with van der Waals surface area (Å²) < 4.78 is 0. The predicted octanol–water partition coefficient (Wildman–Crippen LogP) is 1.89. The molecule has 0 atom stereocenters. The Morgan fingerprint density at radius 2 is 2.08 bits per heavy atom. The van der Waals surface area contributed by atoms with Gasteiger partial charge in [-0.05, 0) is 12.8 Å². The van der Waals surface area contributed by atoms with E-state index in [4.69, 9.17) is 6.42 Å². The van der Waals surface area contributed by atoms with Crippen molar-refractivity contribution in [1.29, 1.82) is 0 Å². The zero-order valence-corrected chi connectivity index (χ0v) is 7.16. The van der Waals surface area contributed by atoms with E-state index in [1.165, 1.54) is 0 Å². The molecule has 0 saturated carbocycles. The Morgan fingerprint density at radius 3 is 2.58 bits per heavy atom. The van der Waals surface area contributed by atoms with Crippen molar-refractivity contribution in [3.8, 4) is 12.3 Å². The topological polar surface area (TPSA) is 20.2 Å². The molecule has 1 nitrogen and oxygen atoms in total. The molecular weight excluding hydrogens is 148 g/mol. The third-order valence-electron chi connectivity index (χ3n) is 2.20. The summed E-state index contributed by atoms with van der Waals surface area (Å²) in [5.41, 5.74) is -0.176. The van der Waals surface area contributed by atoms with Crippen LogP contribution < -0.4 is 0 Å².